The summed E-state index contributed by atoms with van der Waals surface area (Å²) in [5.74, 6) is -1.75. The summed E-state index contributed by atoms with van der Waals surface area (Å²) in [5.41, 5.74) is 1.86. The van der Waals surface area contributed by atoms with E-state index in [9.17, 15) is 65.8 Å². The molecule has 3 aliphatic heterocycles. The second-order valence-corrected chi connectivity index (χ2v) is 13.7. The van der Waals surface area contributed by atoms with Crippen molar-refractivity contribution in [1.29, 1.82) is 0 Å². The first-order valence-corrected chi connectivity index (χ1v) is 18.0. The van der Waals surface area contributed by atoms with Gasteiger partial charge in [-0.15, -0.1) is 0 Å². The third-order valence-electron chi connectivity index (χ3n) is 9.12. The maximum absolute atomic E-state index is 12.7. The van der Waals surface area contributed by atoms with Crippen LogP contribution in [0.15, 0.2) is 83.1 Å². The van der Waals surface area contributed by atoms with Crippen LogP contribution in [0.5, 0.6) is 0 Å². The molecule has 19 nitrogen and oxygen atoms in total. The molecular formula is C38H54O19. The highest BCUT2D eigenvalue weighted by Gasteiger charge is 2.48. The van der Waals surface area contributed by atoms with Gasteiger partial charge in [0.15, 0.2) is 6.29 Å². The predicted molar refractivity (Wildman–Crippen MR) is 195 cm³/mol. The second kappa shape index (κ2) is 22.6. The lowest BCUT2D eigenvalue weighted by molar-refractivity contribution is -0.326. The molecule has 57 heavy (non-hydrogen) atoms. The molecule has 3 aliphatic rings. The van der Waals surface area contributed by atoms with Gasteiger partial charge in [-0.1, -0.05) is 71.9 Å². The summed E-state index contributed by atoms with van der Waals surface area (Å²) in [4.78, 5) is 25.2. The number of hydrogen-bond acceptors (Lipinski definition) is 19. The molecular weight excluding hydrogens is 760 g/mol. The number of carbonyl (C=O) groups excluding carboxylic acids is 2. The van der Waals surface area contributed by atoms with Crippen molar-refractivity contribution in [2.24, 2.45) is 0 Å². The first-order valence-electron chi connectivity index (χ1n) is 18.0. The van der Waals surface area contributed by atoms with Gasteiger partial charge in [0, 0.05) is 11.1 Å². The average Bonchev–Trinajstić information content (AvgIpc) is 3.18. The summed E-state index contributed by atoms with van der Waals surface area (Å²) in [6.45, 7) is 4.59. The van der Waals surface area contributed by atoms with Crippen molar-refractivity contribution in [3.8, 4) is 0 Å². The first-order chi connectivity index (χ1) is 26.9. The highest BCUT2D eigenvalue weighted by Crippen LogP contribution is 2.27. The Hall–Kier alpha value is -3.48. The number of aliphatic hydroxyl groups excluding tert-OH is 11. The monoisotopic (exact) mass is 814 g/mol. The molecule has 11 N–H and O–H groups in total. The van der Waals surface area contributed by atoms with E-state index < -0.39 is 124 Å². The van der Waals surface area contributed by atoms with Gasteiger partial charge in [0.05, 0.1) is 19.8 Å². The maximum atomic E-state index is 12.7. The van der Waals surface area contributed by atoms with E-state index in [1.165, 1.54) is 26.0 Å². The van der Waals surface area contributed by atoms with Gasteiger partial charge in [-0.25, -0.2) is 9.59 Å². The van der Waals surface area contributed by atoms with Gasteiger partial charge < -0.3 is 84.6 Å². The van der Waals surface area contributed by atoms with Gasteiger partial charge in [0.1, 0.15) is 73.2 Å². The average molecular weight is 815 g/mol. The number of esters is 2. The van der Waals surface area contributed by atoms with Gasteiger partial charge >= 0.3 is 11.9 Å². The minimum absolute atomic E-state index is 0.0944. The van der Waals surface area contributed by atoms with E-state index in [2.05, 4.69) is 0 Å². The number of allylic oxidation sites excluding steroid dienone is 12. The molecule has 0 radical (unpaired) electrons. The summed E-state index contributed by atoms with van der Waals surface area (Å²) in [6.07, 6.45) is -7.55. The van der Waals surface area contributed by atoms with Crippen molar-refractivity contribution in [2.45, 2.75) is 120 Å². The molecule has 0 aromatic rings. The summed E-state index contributed by atoms with van der Waals surface area (Å²) in [5, 5.41) is 110. The Morgan fingerprint density at radius 1 is 0.474 bits per heavy atom. The minimum Gasteiger partial charge on any atom is -0.429 e. The fourth-order valence-corrected chi connectivity index (χ4v) is 5.46. The lowest BCUT2D eigenvalue weighted by Gasteiger charge is -2.42. The quantitative estimate of drug-likeness (QED) is 0.0445. The van der Waals surface area contributed by atoms with Crippen molar-refractivity contribution in [1.82, 2.24) is 0 Å². The molecule has 0 aromatic heterocycles. The third-order valence-corrected chi connectivity index (χ3v) is 9.12. The van der Waals surface area contributed by atoms with E-state index in [1.54, 1.807) is 55.5 Å². The van der Waals surface area contributed by atoms with E-state index in [1.807, 2.05) is 6.92 Å². The molecule has 0 amide bonds. The Morgan fingerprint density at radius 2 is 0.825 bits per heavy atom. The third kappa shape index (κ3) is 13.3. The fraction of sp³-hybridized carbons (Fsp3) is 0.579. The molecule has 3 heterocycles. The van der Waals surface area contributed by atoms with Crippen molar-refractivity contribution in [3.63, 3.8) is 0 Å². The lowest BCUT2D eigenvalue weighted by Crippen LogP contribution is -2.61. The molecule has 320 valence electrons. The zero-order valence-corrected chi connectivity index (χ0v) is 31.7. The smallest absolute Gasteiger partial charge is 0.336 e. The zero-order chi connectivity index (χ0) is 42.6. The van der Waals surface area contributed by atoms with Gasteiger partial charge in [-0.2, -0.15) is 0 Å². The number of ether oxygens (including phenoxy) is 6. The molecule has 15 atom stereocenters. The fourth-order valence-electron chi connectivity index (χ4n) is 5.46. The van der Waals surface area contributed by atoms with E-state index in [0.29, 0.717) is 0 Å². The second-order valence-electron chi connectivity index (χ2n) is 13.7. The van der Waals surface area contributed by atoms with Gasteiger partial charge in [0.25, 0.3) is 0 Å². The summed E-state index contributed by atoms with van der Waals surface area (Å²) in [6, 6.07) is 0. The summed E-state index contributed by atoms with van der Waals surface area (Å²) < 4.78 is 31.6. The van der Waals surface area contributed by atoms with Crippen LogP contribution in [0.1, 0.15) is 27.7 Å². The Kier molecular flexibility index (Phi) is 19.0. The number of hydrogen-bond donors (Lipinski definition) is 11. The highest BCUT2D eigenvalue weighted by atomic mass is 16.7. The number of rotatable bonds is 15. The van der Waals surface area contributed by atoms with Crippen LogP contribution in [0, 0.1) is 0 Å². The van der Waals surface area contributed by atoms with Gasteiger partial charge in [-0.05, 0) is 27.7 Å². The van der Waals surface area contributed by atoms with E-state index in [0.717, 1.165) is 11.1 Å². The van der Waals surface area contributed by atoms with Crippen LogP contribution in [0.25, 0.3) is 0 Å². The van der Waals surface area contributed by atoms with Crippen LogP contribution in [0.3, 0.4) is 0 Å². The molecule has 0 aliphatic carbocycles. The molecule has 0 bridgehead atoms. The topological polar surface area (TPSA) is 312 Å². The normalized spacial score (nSPS) is 37.6. The van der Waals surface area contributed by atoms with Crippen LogP contribution < -0.4 is 0 Å². The Morgan fingerprint density at radius 3 is 1.23 bits per heavy atom. The highest BCUT2D eigenvalue weighted by molar-refractivity contribution is 5.88. The molecule has 0 aromatic carbocycles. The van der Waals surface area contributed by atoms with E-state index in [4.69, 9.17) is 28.4 Å². The van der Waals surface area contributed by atoms with Crippen molar-refractivity contribution in [3.05, 3.63) is 83.1 Å². The summed E-state index contributed by atoms with van der Waals surface area (Å²) in [7, 11) is 0. The zero-order valence-electron chi connectivity index (χ0n) is 31.7. The Balaban J connectivity index is 1.48. The first kappa shape index (κ1) is 47.9. The number of carbonyl (C=O) groups is 2. The van der Waals surface area contributed by atoms with Crippen LogP contribution in [-0.2, 0) is 38.0 Å². The standard InChI is InChI=1S/C38H54O19/c1-18(11-7-13-20(3)34(50)56-37-32(48)29(45)26(42)23(16-40)54-37)9-5-6-10-19(2)12-8-14-21(4)35(51)57-38-33(49)30(46)27(43)24(55-38)17-52-36-31(47)28(44)25(41)22(15-39)53-36/h5-14,22-33,36-49H,15-17H2,1-4H3/b6-5+,11-7+,12-8+,18-9+,19-10+,20-13+,21-14+/t22-,23-,24-,25-,26-,27-,28+,29+,30+,31-,32-,33-,36-,37+,38+/m0/s1. The lowest BCUT2D eigenvalue weighted by atomic mass is 9.98. The Labute approximate surface area is 328 Å². The SMILES string of the molecule is CC(/C=C/C=C(\C)C(=O)O[C@H]1O[C@@H](CO)[C@H](O)[C@@H](O)[C@@H]1O)=C\C=C\C=C(C)\C=C\C=C(/C)C(=O)O[C@H]1O[C@@H](CO[C@H]2O[C@@H](CO)[C@H](O)[C@@H](O)[C@@H]2O)[C@H](O)[C@@H](O)[C@@H]1O. The maximum Gasteiger partial charge on any atom is 0.336 e. The van der Waals surface area contributed by atoms with E-state index in [-0.39, 0.29) is 11.1 Å². The molecule has 3 rings (SSSR count). The molecule has 0 spiro atoms. The van der Waals surface area contributed by atoms with Crippen LogP contribution in [0.4, 0.5) is 0 Å². The Bertz CT molecular complexity index is 1550. The predicted octanol–water partition coefficient (Wildman–Crippen LogP) is -3.05. The van der Waals surface area contributed by atoms with Gasteiger partial charge in [-0.3, -0.25) is 0 Å². The molecule has 0 unspecified atom stereocenters. The van der Waals surface area contributed by atoms with Crippen molar-refractivity contribution < 1.29 is 94.2 Å². The van der Waals surface area contributed by atoms with E-state index >= 15 is 0 Å². The van der Waals surface area contributed by atoms with Crippen molar-refractivity contribution in [2.75, 3.05) is 19.8 Å². The van der Waals surface area contributed by atoms with Crippen LogP contribution in [-0.4, -0.2) is 180 Å². The van der Waals surface area contributed by atoms with Crippen LogP contribution in [0.2, 0.25) is 0 Å². The molecule has 0 saturated carbocycles. The molecule has 3 fully saturated rings. The van der Waals surface area contributed by atoms with Gasteiger partial charge in [0.2, 0.25) is 12.6 Å². The molecule has 3 saturated heterocycles. The van der Waals surface area contributed by atoms with Crippen LogP contribution >= 0.6 is 0 Å². The minimum atomic E-state index is -1.83. The number of aliphatic hydroxyl groups is 11. The largest absolute Gasteiger partial charge is 0.429 e. The molecule has 19 heteroatoms. The summed E-state index contributed by atoms with van der Waals surface area (Å²) >= 11 is 0. The van der Waals surface area contributed by atoms with Crippen molar-refractivity contribution >= 4 is 11.9 Å².